The van der Waals surface area contributed by atoms with Crippen molar-refractivity contribution >= 4 is 39.8 Å². The summed E-state index contributed by atoms with van der Waals surface area (Å²) >= 11 is 2.74. The third-order valence-corrected chi connectivity index (χ3v) is 4.65. The van der Waals surface area contributed by atoms with E-state index in [1.807, 2.05) is 37.3 Å². The van der Waals surface area contributed by atoms with Crippen LogP contribution in [0.1, 0.15) is 12.0 Å². The predicted octanol–water partition coefficient (Wildman–Crippen LogP) is 2.71. The first-order chi connectivity index (χ1) is 10.7. The highest BCUT2D eigenvalue weighted by molar-refractivity contribution is 8.01. The summed E-state index contributed by atoms with van der Waals surface area (Å²) in [4.78, 5) is 11.5. The molecular weight excluding hydrogens is 318 g/mol. The number of aryl methyl sites for hydroxylation is 1. The number of rotatable bonds is 7. The fraction of sp³-hybridized carbons (Fsp3) is 0.286. The number of carbonyl (C=O) groups is 1. The number of nitriles is 1. The average molecular weight is 333 g/mol. The molecule has 0 aliphatic rings. The maximum absolute atomic E-state index is 11.5. The molecule has 1 aromatic heterocycles. The van der Waals surface area contributed by atoms with E-state index in [1.165, 1.54) is 23.1 Å². The topological polar surface area (TPSA) is 90.7 Å². The summed E-state index contributed by atoms with van der Waals surface area (Å²) < 4.78 is 0.728. The van der Waals surface area contributed by atoms with Gasteiger partial charge in [0.2, 0.25) is 11.0 Å². The molecule has 1 amide bonds. The van der Waals surface area contributed by atoms with Crippen molar-refractivity contribution in [3.05, 3.63) is 29.8 Å². The monoisotopic (exact) mass is 333 g/mol. The van der Waals surface area contributed by atoms with E-state index in [1.54, 1.807) is 0 Å². The highest BCUT2D eigenvalue weighted by Crippen LogP contribution is 2.28. The van der Waals surface area contributed by atoms with Gasteiger partial charge in [-0.2, -0.15) is 5.26 Å². The molecule has 1 heterocycles. The summed E-state index contributed by atoms with van der Waals surface area (Å²) in [5.41, 5.74) is 2.12. The smallest absolute Gasteiger partial charge is 0.230 e. The van der Waals surface area contributed by atoms with Crippen LogP contribution >= 0.6 is 23.1 Å². The highest BCUT2D eigenvalue weighted by Gasteiger charge is 2.08. The van der Waals surface area contributed by atoms with E-state index in [0.717, 1.165) is 15.6 Å². The molecule has 2 N–H and O–H groups in total. The third-order valence-electron chi connectivity index (χ3n) is 2.68. The predicted molar refractivity (Wildman–Crippen MR) is 88.3 cm³/mol. The molecule has 2 aromatic rings. The number of aromatic nitrogens is 2. The molecular formula is C14H15N5OS2. The zero-order valence-electron chi connectivity index (χ0n) is 12.0. The molecule has 0 spiro atoms. The Hall–Kier alpha value is -2.11. The van der Waals surface area contributed by atoms with Crippen molar-refractivity contribution in [2.45, 2.75) is 17.7 Å². The van der Waals surface area contributed by atoms with Gasteiger partial charge in [-0.05, 0) is 18.6 Å². The minimum atomic E-state index is -0.108. The van der Waals surface area contributed by atoms with Gasteiger partial charge in [-0.3, -0.25) is 4.79 Å². The van der Waals surface area contributed by atoms with Crippen molar-refractivity contribution in [3.8, 4) is 6.07 Å². The number of nitrogens with zero attached hydrogens (tertiary/aromatic N) is 3. The van der Waals surface area contributed by atoms with E-state index in [0.29, 0.717) is 18.1 Å². The van der Waals surface area contributed by atoms with Crippen LogP contribution in [-0.2, 0) is 4.79 Å². The van der Waals surface area contributed by atoms with Crippen LogP contribution in [0.2, 0.25) is 0 Å². The molecule has 0 saturated heterocycles. The van der Waals surface area contributed by atoms with Gasteiger partial charge in [-0.1, -0.05) is 41.3 Å². The molecule has 0 aliphatic heterocycles. The van der Waals surface area contributed by atoms with Crippen LogP contribution in [0, 0.1) is 18.3 Å². The molecule has 0 aliphatic carbocycles. The second kappa shape index (κ2) is 8.36. The Bertz CT molecular complexity index is 680. The lowest BCUT2D eigenvalue weighted by Crippen LogP contribution is -2.25. The minimum Gasteiger partial charge on any atom is -0.354 e. The van der Waals surface area contributed by atoms with Crippen molar-refractivity contribution < 1.29 is 4.79 Å². The van der Waals surface area contributed by atoms with Crippen LogP contribution in [0.3, 0.4) is 0 Å². The molecule has 114 valence electrons. The summed E-state index contributed by atoms with van der Waals surface area (Å²) in [6.07, 6.45) is 0.319. The van der Waals surface area contributed by atoms with Crippen molar-refractivity contribution in [2.75, 3.05) is 17.6 Å². The number of hydrogen-bond acceptors (Lipinski definition) is 7. The van der Waals surface area contributed by atoms with Crippen LogP contribution in [0.4, 0.5) is 10.8 Å². The molecule has 0 saturated carbocycles. The standard InChI is InChI=1S/C14H15N5OS2/c1-10-5-2-3-6-11(10)17-13-18-19-14(22-13)21-9-12(20)16-8-4-7-15/h2-3,5-6H,4,8-9H2,1H3,(H,16,20)(H,17,18). The molecule has 0 radical (unpaired) electrons. The van der Waals surface area contributed by atoms with Crippen LogP contribution in [-0.4, -0.2) is 28.4 Å². The van der Waals surface area contributed by atoms with Gasteiger partial charge in [-0.25, -0.2) is 0 Å². The summed E-state index contributed by atoms with van der Waals surface area (Å²) in [5, 5.41) is 23.1. The molecule has 1 aromatic carbocycles. The Balaban J connectivity index is 1.83. The Labute approximate surface area is 137 Å². The molecule has 0 unspecified atom stereocenters. The first-order valence-corrected chi connectivity index (χ1v) is 8.42. The van der Waals surface area contributed by atoms with Crippen LogP contribution < -0.4 is 10.6 Å². The SMILES string of the molecule is Cc1ccccc1Nc1nnc(SCC(=O)NCCC#N)s1. The average Bonchev–Trinajstić information content (AvgIpc) is 2.95. The van der Waals surface area contributed by atoms with Gasteiger partial charge < -0.3 is 10.6 Å². The van der Waals surface area contributed by atoms with E-state index >= 15 is 0 Å². The second-order valence-electron chi connectivity index (χ2n) is 4.36. The first kappa shape index (κ1) is 16.3. The fourth-order valence-electron chi connectivity index (χ4n) is 1.58. The largest absolute Gasteiger partial charge is 0.354 e. The lowest BCUT2D eigenvalue weighted by molar-refractivity contribution is -0.118. The van der Waals surface area contributed by atoms with Crippen molar-refractivity contribution in [3.63, 3.8) is 0 Å². The van der Waals surface area contributed by atoms with Gasteiger partial charge >= 0.3 is 0 Å². The second-order valence-corrected chi connectivity index (χ2v) is 6.56. The van der Waals surface area contributed by atoms with Gasteiger partial charge in [0, 0.05) is 12.2 Å². The highest BCUT2D eigenvalue weighted by atomic mass is 32.2. The van der Waals surface area contributed by atoms with Gasteiger partial charge in [-0.15, -0.1) is 10.2 Å². The van der Waals surface area contributed by atoms with E-state index in [2.05, 4.69) is 20.8 Å². The van der Waals surface area contributed by atoms with Gasteiger partial charge in [0.1, 0.15) is 0 Å². The molecule has 8 heteroatoms. The number of benzene rings is 1. The molecule has 22 heavy (non-hydrogen) atoms. The Morgan fingerprint density at radius 2 is 2.23 bits per heavy atom. The number of hydrogen-bond donors (Lipinski definition) is 2. The van der Waals surface area contributed by atoms with Crippen LogP contribution in [0.5, 0.6) is 0 Å². The minimum absolute atomic E-state index is 0.108. The molecule has 6 nitrogen and oxygen atoms in total. The summed E-state index contributed by atoms with van der Waals surface area (Å²) in [6, 6.07) is 9.91. The normalized spacial score (nSPS) is 10.0. The zero-order chi connectivity index (χ0) is 15.8. The zero-order valence-corrected chi connectivity index (χ0v) is 13.6. The maximum Gasteiger partial charge on any atom is 0.230 e. The number of carbonyl (C=O) groups excluding carboxylic acids is 1. The lowest BCUT2D eigenvalue weighted by Gasteiger charge is -2.04. The van der Waals surface area contributed by atoms with E-state index in [9.17, 15) is 4.79 Å². The summed E-state index contributed by atoms with van der Waals surface area (Å²) in [6.45, 7) is 2.40. The quantitative estimate of drug-likeness (QED) is 0.598. The molecule has 2 rings (SSSR count). The number of para-hydroxylation sites is 1. The van der Waals surface area contributed by atoms with Crippen LogP contribution in [0.25, 0.3) is 0 Å². The van der Waals surface area contributed by atoms with E-state index in [-0.39, 0.29) is 11.7 Å². The van der Waals surface area contributed by atoms with E-state index in [4.69, 9.17) is 5.26 Å². The van der Waals surface area contributed by atoms with Gasteiger partial charge in [0.05, 0.1) is 18.2 Å². The van der Waals surface area contributed by atoms with Crippen molar-refractivity contribution in [1.82, 2.24) is 15.5 Å². The Kier molecular flexibility index (Phi) is 6.18. The summed E-state index contributed by atoms with van der Waals surface area (Å²) in [5.74, 6) is 0.161. The molecule has 0 fully saturated rings. The van der Waals surface area contributed by atoms with Crippen molar-refractivity contribution in [2.24, 2.45) is 0 Å². The number of amides is 1. The van der Waals surface area contributed by atoms with Gasteiger partial charge in [0.15, 0.2) is 4.34 Å². The number of nitrogens with one attached hydrogen (secondary N) is 2. The fourth-order valence-corrected chi connectivity index (χ4v) is 3.18. The Morgan fingerprint density at radius 3 is 3.00 bits per heavy atom. The first-order valence-electron chi connectivity index (χ1n) is 6.61. The molecule has 0 bridgehead atoms. The van der Waals surface area contributed by atoms with Crippen LogP contribution in [0.15, 0.2) is 28.6 Å². The van der Waals surface area contributed by atoms with E-state index < -0.39 is 0 Å². The maximum atomic E-state index is 11.5. The third kappa shape index (κ3) is 5.02. The number of thioether (sulfide) groups is 1. The number of anilines is 2. The summed E-state index contributed by atoms with van der Waals surface area (Å²) in [7, 11) is 0. The lowest BCUT2D eigenvalue weighted by atomic mass is 10.2. The molecule has 0 atom stereocenters. The Morgan fingerprint density at radius 1 is 1.41 bits per heavy atom. The van der Waals surface area contributed by atoms with Crippen molar-refractivity contribution in [1.29, 1.82) is 5.26 Å². The van der Waals surface area contributed by atoms with Gasteiger partial charge in [0.25, 0.3) is 0 Å².